The van der Waals surface area contributed by atoms with Crippen LogP contribution in [0, 0.1) is 41.5 Å². The molecule has 7 heterocycles. The molecular formula is C107H89N12+5. The first-order chi connectivity index (χ1) is 58.0. The van der Waals surface area contributed by atoms with Gasteiger partial charge in [0.2, 0.25) is 0 Å². The van der Waals surface area contributed by atoms with Crippen LogP contribution in [-0.2, 0) is 35.2 Å². The third-order valence-corrected chi connectivity index (χ3v) is 23.1. The zero-order valence-electron chi connectivity index (χ0n) is 68.7. The minimum absolute atomic E-state index is 0.967. The molecule has 0 unspecified atom stereocenters. The van der Waals surface area contributed by atoms with Gasteiger partial charge in [-0.25, -0.2) is 22.8 Å². The van der Waals surface area contributed by atoms with Gasteiger partial charge in [-0.05, 0) is 236 Å². The summed E-state index contributed by atoms with van der Waals surface area (Å²) < 4.78 is 10.5. The van der Waals surface area contributed by atoms with Crippen molar-refractivity contribution in [3.8, 4) is 56.9 Å². The molecule has 22 rings (SSSR count). The van der Waals surface area contributed by atoms with E-state index in [4.69, 9.17) is 15.0 Å². The van der Waals surface area contributed by atoms with Crippen molar-refractivity contribution in [3.05, 3.63) is 374 Å². The van der Waals surface area contributed by atoms with E-state index in [9.17, 15) is 0 Å². The molecular weight excluding hydrogens is 1450 g/mol. The lowest BCUT2D eigenvalue weighted by atomic mass is 9.96. The molecule has 0 atom stereocenters. The largest absolute Gasteiger partial charge is 0.331 e. The van der Waals surface area contributed by atoms with E-state index in [0.717, 1.165) is 73.1 Å². The highest BCUT2D eigenvalue weighted by Gasteiger charge is 2.24. The van der Waals surface area contributed by atoms with Gasteiger partial charge in [-0.15, -0.1) is 0 Å². The first kappa shape index (κ1) is 75.5. The van der Waals surface area contributed by atoms with Crippen molar-refractivity contribution >= 4 is 130 Å². The number of hydrogen-bond donors (Lipinski definition) is 0. The van der Waals surface area contributed by atoms with Gasteiger partial charge in [-0.1, -0.05) is 194 Å². The number of benzene rings is 15. The number of aromatic nitrogens is 12. The molecule has 22 aromatic rings. The Hall–Kier alpha value is -14.9. The summed E-state index contributed by atoms with van der Waals surface area (Å²) in [6.07, 6.45) is 17.8. The van der Waals surface area contributed by atoms with Gasteiger partial charge >= 0.3 is 29.1 Å². The van der Waals surface area contributed by atoms with Crippen molar-refractivity contribution in [1.82, 2.24) is 34.9 Å². The van der Waals surface area contributed by atoms with Crippen LogP contribution in [0.4, 0.5) is 0 Å². The average Bonchev–Trinajstić information content (AvgIpc) is 0.787. The summed E-state index contributed by atoms with van der Waals surface area (Å²) >= 11 is 0. The molecule has 0 spiro atoms. The molecule has 119 heavy (non-hydrogen) atoms. The number of para-hydroxylation sites is 3. The van der Waals surface area contributed by atoms with Crippen LogP contribution in [0.2, 0.25) is 0 Å². The van der Waals surface area contributed by atoms with E-state index in [1.165, 1.54) is 147 Å². The van der Waals surface area contributed by atoms with Crippen molar-refractivity contribution in [2.45, 2.75) is 41.5 Å². The number of aryl methyl sites for hydroxylation is 11. The number of pyridine rings is 2. The Kier molecular flexibility index (Phi) is 20.3. The van der Waals surface area contributed by atoms with Crippen LogP contribution >= 0.6 is 0 Å². The first-order valence-corrected chi connectivity index (χ1v) is 40.3. The molecule has 0 N–H and O–H groups in total. The lowest BCUT2D eigenvalue weighted by Gasteiger charge is -2.09. The van der Waals surface area contributed by atoms with Gasteiger partial charge in [0.1, 0.15) is 24.1 Å². The average molecular weight is 1540 g/mol. The van der Waals surface area contributed by atoms with Gasteiger partial charge in [0.05, 0.1) is 103 Å². The van der Waals surface area contributed by atoms with Crippen LogP contribution in [0.15, 0.2) is 341 Å². The van der Waals surface area contributed by atoms with Crippen molar-refractivity contribution in [1.29, 1.82) is 0 Å². The third-order valence-electron chi connectivity index (χ3n) is 23.1. The fourth-order valence-corrected chi connectivity index (χ4v) is 16.9. The molecule has 572 valence electrons. The van der Waals surface area contributed by atoms with Crippen molar-refractivity contribution < 1.29 is 22.8 Å². The molecule has 12 nitrogen and oxygen atoms in total. The van der Waals surface area contributed by atoms with E-state index in [-0.39, 0.29) is 0 Å². The minimum Gasteiger partial charge on any atom is -0.256 e. The Balaban J connectivity index is 0.000000102. The molecule has 0 saturated carbocycles. The summed E-state index contributed by atoms with van der Waals surface area (Å²) in [5.74, 6) is 4.95. The lowest BCUT2D eigenvalue weighted by molar-refractivity contribution is -0.663. The second kappa shape index (κ2) is 32.1. The van der Waals surface area contributed by atoms with E-state index >= 15 is 0 Å². The van der Waals surface area contributed by atoms with Gasteiger partial charge in [-0.3, -0.25) is 9.97 Å². The zero-order chi connectivity index (χ0) is 81.5. The quantitative estimate of drug-likeness (QED) is 0.125. The summed E-state index contributed by atoms with van der Waals surface area (Å²) in [6, 6.07) is 101. The second-order valence-electron chi connectivity index (χ2n) is 31.1. The predicted molar refractivity (Wildman–Crippen MR) is 488 cm³/mol. The SMILES string of the molecule is Cc1cc2ccc3ccccc3c2cc1-c1nc2ccccc2c[n+]1C.Cc1cc2ccc3ccccc3c2cc1-c1ncc2ccccc2[n+]1C.Cc1cc2ccc3ccccc3c2cc1-c1nccc[n+]1C.Cc1cc2ncc3ccccc3c2cc1-c1nccc[n+]1C.Cc1cc[n+](C)c(-c2cc3c(cnc4ccccc43)cc2C)n1. The van der Waals surface area contributed by atoms with E-state index in [1.807, 2.05) is 112 Å². The normalized spacial score (nSPS) is 11.3. The maximum Gasteiger partial charge on any atom is 0.331 e. The van der Waals surface area contributed by atoms with E-state index < -0.39 is 0 Å². The fourth-order valence-electron chi connectivity index (χ4n) is 16.9. The Morgan fingerprint density at radius 3 is 1.13 bits per heavy atom. The van der Waals surface area contributed by atoms with Gasteiger partial charge in [-0.2, -0.15) is 0 Å². The number of fused-ring (bicyclic) bond motifs is 17. The third kappa shape index (κ3) is 14.8. The molecule has 15 aromatic carbocycles. The van der Waals surface area contributed by atoms with Crippen LogP contribution in [0.3, 0.4) is 0 Å². The van der Waals surface area contributed by atoms with Crippen LogP contribution in [0.1, 0.15) is 33.5 Å². The Morgan fingerprint density at radius 2 is 0.588 bits per heavy atom. The summed E-state index contributed by atoms with van der Waals surface area (Å²) in [5.41, 5.74) is 17.3. The molecule has 0 bridgehead atoms. The first-order valence-electron chi connectivity index (χ1n) is 40.3. The lowest BCUT2D eigenvalue weighted by Crippen LogP contribution is -2.33. The summed E-state index contributed by atoms with van der Waals surface area (Å²) in [6.45, 7) is 12.8. The van der Waals surface area contributed by atoms with Gasteiger partial charge in [0, 0.05) is 59.1 Å². The zero-order valence-corrected chi connectivity index (χ0v) is 68.7. The van der Waals surface area contributed by atoms with E-state index in [2.05, 4.69) is 348 Å². The molecule has 0 amide bonds. The fraction of sp³-hybridized carbons (Fsp3) is 0.103. The standard InChI is InChI=1S/2C24H19N2.C20H18N3.C20H17N2.C19H16N3/c1-16-13-18-12-11-17-7-3-5-9-20(17)22(18)14-21(16)24-25-23-10-6-4-8-19(23)15-26(24)2;1-16-13-18-12-11-17-7-3-5-9-20(17)22(18)14-21(16)24-25-15-19-8-4-6-10-23(19)26(24)2;1-13-10-15-12-21-19-7-5-4-6-16(19)18(15)11-17(13)20-22-14(2)8-9-23(20)3;1-14-12-16-9-8-15-6-3-4-7-17(15)19(16)13-18(14)20-21-10-5-11-22(20)2;1-13-10-18-17(15-7-4-3-6-14(15)12-21-18)11-16(13)19-20-8-5-9-22(19)2/h2*3-15H,1-2H3;4-12H,1-3H3;3-13H,1-2H3;3-12H,1-2H3/q5*+1. The summed E-state index contributed by atoms with van der Waals surface area (Å²) in [7, 11) is 10.3. The van der Waals surface area contributed by atoms with Crippen molar-refractivity contribution in [2.75, 3.05) is 0 Å². The van der Waals surface area contributed by atoms with Crippen LogP contribution in [0.25, 0.3) is 187 Å². The van der Waals surface area contributed by atoms with Gasteiger partial charge in [0.25, 0.3) is 0 Å². The maximum absolute atomic E-state index is 4.96. The Labute approximate surface area is 691 Å². The van der Waals surface area contributed by atoms with Crippen molar-refractivity contribution in [3.63, 3.8) is 0 Å². The number of nitrogens with zero attached hydrogens (tertiary/aromatic N) is 12. The van der Waals surface area contributed by atoms with Crippen LogP contribution in [-0.4, -0.2) is 34.9 Å². The molecule has 0 radical (unpaired) electrons. The Morgan fingerprint density at radius 1 is 0.218 bits per heavy atom. The van der Waals surface area contributed by atoms with E-state index in [1.54, 1.807) is 0 Å². The van der Waals surface area contributed by atoms with Gasteiger partial charge < -0.3 is 0 Å². The molecule has 0 aliphatic rings. The van der Waals surface area contributed by atoms with Crippen molar-refractivity contribution in [2.24, 2.45) is 35.2 Å². The highest BCUT2D eigenvalue weighted by atomic mass is 15.0. The monoisotopic (exact) mass is 1540 g/mol. The topological polar surface area (TPSA) is 110 Å². The van der Waals surface area contributed by atoms with E-state index in [0.29, 0.717) is 0 Å². The highest BCUT2D eigenvalue weighted by molar-refractivity contribution is 6.13. The molecule has 0 aliphatic heterocycles. The maximum atomic E-state index is 4.96. The molecule has 0 fully saturated rings. The predicted octanol–water partition coefficient (Wildman–Crippen LogP) is 22.3. The summed E-state index contributed by atoms with van der Waals surface area (Å²) in [5, 5.41) is 24.8. The Bertz CT molecular complexity index is 7490. The van der Waals surface area contributed by atoms with Gasteiger partial charge in [0.15, 0.2) is 17.4 Å². The molecule has 0 aliphatic carbocycles. The highest BCUT2D eigenvalue weighted by Crippen LogP contribution is 2.37. The van der Waals surface area contributed by atoms with Crippen LogP contribution < -0.4 is 22.8 Å². The smallest absolute Gasteiger partial charge is 0.256 e. The molecule has 0 saturated heterocycles. The van der Waals surface area contributed by atoms with Crippen LogP contribution in [0.5, 0.6) is 0 Å². The number of rotatable bonds is 5. The number of hydrogen-bond acceptors (Lipinski definition) is 7. The second-order valence-corrected chi connectivity index (χ2v) is 31.1. The molecule has 12 heteroatoms. The summed E-state index contributed by atoms with van der Waals surface area (Å²) in [4.78, 5) is 32.7. The minimum atomic E-state index is 0.967. The molecule has 7 aromatic heterocycles.